The number of benzene rings is 2. The molecule has 0 aliphatic heterocycles. The van der Waals surface area contributed by atoms with Gasteiger partial charge in [0.2, 0.25) is 5.69 Å². The number of esters is 1. The minimum atomic E-state index is -1.08. The summed E-state index contributed by atoms with van der Waals surface area (Å²) in [5.74, 6) is -1.09. The first kappa shape index (κ1) is 19.6. The van der Waals surface area contributed by atoms with Gasteiger partial charge in [0.1, 0.15) is 0 Å². The Bertz CT molecular complexity index is 1070. The number of rotatable bonds is 6. The standard InChI is InChI=1S/C21H18N4O4/c1-14(20(26)23-16-8-6-7-15(11-16)12-22)29-21(27)19-18(28-2)13-25(24-19)17-9-4-3-5-10-17/h3-11,13-14H,1-2H3,(H,23,26). The van der Waals surface area contributed by atoms with Crippen molar-refractivity contribution in [1.29, 1.82) is 5.26 Å². The summed E-state index contributed by atoms with van der Waals surface area (Å²) in [4.78, 5) is 24.9. The van der Waals surface area contributed by atoms with Crippen LogP contribution >= 0.6 is 0 Å². The monoisotopic (exact) mass is 390 g/mol. The van der Waals surface area contributed by atoms with E-state index in [0.717, 1.165) is 5.69 Å². The Hall–Kier alpha value is -4.12. The summed E-state index contributed by atoms with van der Waals surface area (Å²) < 4.78 is 12.0. The van der Waals surface area contributed by atoms with Gasteiger partial charge in [-0.25, -0.2) is 9.48 Å². The highest BCUT2D eigenvalue weighted by Crippen LogP contribution is 2.21. The fourth-order valence-electron chi connectivity index (χ4n) is 2.54. The van der Waals surface area contributed by atoms with Crippen molar-refractivity contribution in [2.75, 3.05) is 12.4 Å². The highest BCUT2D eigenvalue weighted by Gasteiger charge is 2.25. The van der Waals surface area contributed by atoms with Crippen molar-refractivity contribution in [2.45, 2.75) is 13.0 Å². The number of ether oxygens (including phenoxy) is 2. The van der Waals surface area contributed by atoms with Crippen LogP contribution in [0.1, 0.15) is 23.0 Å². The topological polar surface area (TPSA) is 106 Å². The van der Waals surface area contributed by atoms with Crippen molar-refractivity contribution in [2.24, 2.45) is 0 Å². The lowest BCUT2D eigenvalue weighted by Gasteiger charge is -2.13. The van der Waals surface area contributed by atoms with Gasteiger partial charge in [0.25, 0.3) is 5.91 Å². The zero-order valence-corrected chi connectivity index (χ0v) is 15.8. The Kier molecular flexibility index (Phi) is 5.90. The molecule has 0 saturated carbocycles. The summed E-state index contributed by atoms with van der Waals surface area (Å²) in [7, 11) is 1.42. The second-order valence-electron chi connectivity index (χ2n) is 6.06. The van der Waals surface area contributed by atoms with Crippen molar-refractivity contribution in [3.05, 3.63) is 72.1 Å². The van der Waals surface area contributed by atoms with Crippen LogP contribution in [0, 0.1) is 11.3 Å². The molecule has 2 aromatic carbocycles. The van der Waals surface area contributed by atoms with E-state index >= 15 is 0 Å². The summed E-state index contributed by atoms with van der Waals surface area (Å²) in [5.41, 5.74) is 1.54. The Labute approximate surface area is 167 Å². The number of carbonyl (C=O) groups excluding carboxylic acids is 2. The highest BCUT2D eigenvalue weighted by atomic mass is 16.6. The predicted octanol–water partition coefficient (Wildman–Crippen LogP) is 2.94. The molecule has 8 heteroatoms. The van der Waals surface area contributed by atoms with Gasteiger partial charge in [0.15, 0.2) is 11.9 Å². The Morgan fingerprint density at radius 2 is 1.93 bits per heavy atom. The molecule has 0 aliphatic rings. The third-order valence-electron chi connectivity index (χ3n) is 4.03. The van der Waals surface area contributed by atoms with E-state index in [4.69, 9.17) is 14.7 Å². The first-order chi connectivity index (χ1) is 14.0. The summed E-state index contributed by atoms with van der Waals surface area (Å²) in [6.45, 7) is 1.45. The van der Waals surface area contributed by atoms with E-state index in [1.54, 1.807) is 24.4 Å². The van der Waals surface area contributed by atoms with Gasteiger partial charge in [-0.3, -0.25) is 4.79 Å². The van der Waals surface area contributed by atoms with Gasteiger partial charge in [-0.2, -0.15) is 10.4 Å². The molecule has 1 atom stereocenters. The average Bonchev–Trinajstić information content (AvgIpc) is 3.19. The molecular weight excluding hydrogens is 372 g/mol. The maximum Gasteiger partial charge on any atom is 0.363 e. The highest BCUT2D eigenvalue weighted by molar-refractivity contribution is 5.97. The first-order valence-electron chi connectivity index (χ1n) is 8.73. The summed E-state index contributed by atoms with van der Waals surface area (Å²) in [5, 5.41) is 15.8. The lowest BCUT2D eigenvalue weighted by molar-refractivity contribution is -0.123. The largest absolute Gasteiger partial charge is 0.493 e. The smallest absolute Gasteiger partial charge is 0.363 e. The maximum atomic E-state index is 12.5. The minimum Gasteiger partial charge on any atom is -0.493 e. The molecule has 3 rings (SSSR count). The molecule has 1 amide bonds. The van der Waals surface area contributed by atoms with Crippen LogP contribution in [0.15, 0.2) is 60.8 Å². The van der Waals surface area contributed by atoms with Crippen LogP contribution in [0.5, 0.6) is 5.75 Å². The number of anilines is 1. The van der Waals surface area contributed by atoms with Crippen molar-refractivity contribution in [3.63, 3.8) is 0 Å². The first-order valence-corrected chi connectivity index (χ1v) is 8.73. The van der Waals surface area contributed by atoms with Crippen LogP contribution in [0.3, 0.4) is 0 Å². The Morgan fingerprint density at radius 1 is 1.17 bits per heavy atom. The number of hydrogen-bond acceptors (Lipinski definition) is 6. The number of nitriles is 1. The van der Waals surface area contributed by atoms with Gasteiger partial charge in [-0.15, -0.1) is 0 Å². The molecule has 146 valence electrons. The second kappa shape index (κ2) is 8.71. The fourth-order valence-corrected chi connectivity index (χ4v) is 2.54. The van der Waals surface area contributed by atoms with Crippen molar-refractivity contribution < 1.29 is 19.1 Å². The number of nitrogens with zero attached hydrogens (tertiary/aromatic N) is 3. The molecule has 3 aromatic rings. The second-order valence-corrected chi connectivity index (χ2v) is 6.06. The summed E-state index contributed by atoms with van der Waals surface area (Å²) >= 11 is 0. The maximum absolute atomic E-state index is 12.5. The Morgan fingerprint density at radius 3 is 2.62 bits per heavy atom. The van der Waals surface area contributed by atoms with E-state index < -0.39 is 18.0 Å². The van der Waals surface area contributed by atoms with Gasteiger partial charge >= 0.3 is 5.97 Å². The molecule has 29 heavy (non-hydrogen) atoms. The molecule has 1 heterocycles. The molecular formula is C21H18N4O4. The van der Waals surface area contributed by atoms with Crippen LogP contribution in [0.2, 0.25) is 0 Å². The SMILES string of the molecule is COc1cn(-c2ccccc2)nc1C(=O)OC(C)C(=O)Nc1cccc(C#N)c1. The van der Waals surface area contributed by atoms with E-state index in [9.17, 15) is 9.59 Å². The fraction of sp³-hybridized carbons (Fsp3) is 0.143. The van der Waals surface area contributed by atoms with E-state index in [1.807, 2.05) is 36.4 Å². The van der Waals surface area contributed by atoms with Gasteiger partial charge in [0, 0.05) is 5.69 Å². The molecule has 1 unspecified atom stereocenters. The molecule has 0 saturated heterocycles. The molecule has 0 spiro atoms. The number of hydrogen-bond donors (Lipinski definition) is 1. The number of para-hydroxylation sites is 1. The zero-order valence-electron chi connectivity index (χ0n) is 15.8. The van der Waals surface area contributed by atoms with Crippen molar-refractivity contribution in [3.8, 4) is 17.5 Å². The summed E-state index contributed by atoms with van der Waals surface area (Å²) in [6, 6.07) is 17.6. The third kappa shape index (κ3) is 4.59. The van der Waals surface area contributed by atoms with Crippen LogP contribution in [-0.2, 0) is 9.53 Å². The van der Waals surface area contributed by atoms with E-state index in [2.05, 4.69) is 10.4 Å². The predicted molar refractivity (Wildman–Crippen MR) is 105 cm³/mol. The van der Waals surface area contributed by atoms with Crippen LogP contribution < -0.4 is 10.1 Å². The van der Waals surface area contributed by atoms with Gasteiger partial charge in [-0.05, 0) is 37.3 Å². The normalized spacial score (nSPS) is 11.2. The van der Waals surface area contributed by atoms with Crippen LogP contribution in [-0.4, -0.2) is 34.9 Å². The number of nitrogens with one attached hydrogen (secondary N) is 1. The van der Waals surface area contributed by atoms with Crippen LogP contribution in [0.4, 0.5) is 5.69 Å². The van der Waals surface area contributed by atoms with E-state index in [0.29, 0.717) is 11.3 Å². The number of aromatic nitrogens is 2. The Balaban J connectivity index is 1.71. The number of methoxy groups -OCH3 is 1. The lowest BCUT2D eigenvalue weighted by Crippen LogP contribution is -2.30. The summed E-state index contributed by atoms with van der Waals surface area (Å²) in [6.07, 6.45) is 0.476. The average molecular weight is 390 g/mol. The van der Waals surface area contributed by atoms with E-state index in [-0.39, 0.29) is 11.4 Å². The number of carbonyl (C=O) groups is 2. The molecule has 0 aliphatic carbocycles. The van der Waals surface area contributed by atoms with Gasteiger partial charge in [-0.1, -0.05) is 24.3 Å². The van der Waals surface area contributed by atoms with Crippen molar-refractivity contribution in [1.82, 2.24) is 9.78 Å². The minimum absolute atomic E-state index is 0.0394. The molecule has 0 fully saturated rings. The molecule has 0 radical (unpaired) electrons. The van der Waals surface area contributed by atoms with Gasteiger partial charge in [0.05, 0.1) is 30.6 Å². The van der Waals surface area contributed by atoms with Gasteiger partial charge < -0.3 is 14.8 Å². The molecule has 0 bridgehead atoms. The van der Waals surface area contributed by atoms with Crippen molar-refractivity contribution >= 4 is 17.6 Å². The molecule has 1 aromatic heterocycles. The molecule has 8 nitrogen and oxygen atoms in total. The van der Waals surface area contributed by atoms with E-state index in [1.165, 1.54) is 24.8 Å². The van der Waals surface area contributed by atoms with Crippen LogP contribution in [0.25, 0.3) is 5.69 Å². The quantitative estimate of drug-likeness (QED) is 0.649. The lowest BCUT2D eigenvalue weighted by atomic mass is 10.2. The molecule has 1 N–H and O–H groups in total. The number of amides is 1. The third-order valence-corrected chi connectivity index (χ3v) is 4.03. The zero-order chi connectivity index (χ0) is 20.8.